The van der Waals surface area contributed by atoms with E-state index in [0.29, 0.717) is 0 Å². The number of furan rings is 1. The minimum absolute atomic E-state index is 0.274. The van der Waals surface area contributed by atoms with Crippen molar-refractivity contribution in [2.24, 2.45) is 0 Å². The Hall–Kier alpha value is -3.20. The average molecular weight is 338 g/mol. The van der Waals surface area contributed by atoms with Crippen LogP contribution in [-0.4, -0.2) is 9.97 Å². The maximum absolute atomic E-state index is 6.05. The highest BCUT2D eigenvalue weighted by molar-refractivity contribution is 6.12. The van der Waals surface area contributed by atoms with E-state index in [1.807, 2.05) is 54.6 Å². The van der Waals surface area contributed by atoms with Crippen LogP contribution in [0.25, 0.3) is 44.2 Å². The number of rotatable bonds is 2. The van der Waals surface area contributed by atoms with Crippen LogP contribution in [0.15, 0.2) is 71.1 Å². The van der Waals surface area contributed by atoms with Gasteiger partial charge in [-0.25, -0.2) is 9.97 Å². The molecule has 0 saturated carbocycles. The first kappa shape index (κ1) is 15.1. The molecule has 0 aliphatic carbocycles. The second-order valence-corrected chi connectivity index (χ2v) is 6.88. The van der Waals surface area contributed by atoms with Crippen LogP contribution in [0.3, 0.4) is 0 Å². The third kappa shape index (κ3) is 2.21. The van der Waals surface area contributed by atoms with Gasteiger partial charge < -0.3 is 4.42 Å². The van der Waals surface area contributed by atoms with Gasteiger partial charge in [-0.3, -0.25) is 0 Å². The zero-order chi connectivity index (χ0) is 17.7. The summed E-state index contributed by atoms with van der Waals surface area (Å²) >= 11 is 0. The van der Waals surface area contributed by atoms with Gasteiger partial charge in [-0.2, -0.15) is 0 Å². The fourth-order valence-corrected chi connectivity index (χ4v) is 3.59. The quantitative estimate of drug-likeness (QED) is 0.378. The maximum atomic E-state index is 6.05. The van der Waals surface area contributed by atoms with E-state index < -0.39 is 0 Å². The van der Waals surface area contributed by atoms with Crippen LogP contribution in [0.2, 0.25) is 0 Å². The van der Waals surface area contributed by atoms with Gasteiger partial charge in [-0.05, 0) is 30.2 Å². The van der Waals surface area contributed by atoms with Gasteiger partial charge in [0.2, 0.25) is 0 Å². The van der Waals surface area contributed by atoms with Crippen LogP contribution in [0.1, 0.15) is 25.5 Å². The molecule has 0 radical (unpaired) electrons. The van der Waals surface area contributed by atoms with Crippen molar-refractivity contribution in [2.45, 2.75) is 19.8 Å². The number of benzene rings is 3. The molecule has 0 aliphatic rings. The summed E-state index contributed by atoms with van der Waals surface area (Å²) in [6.07, 6.45) is 0. The minimum atomic E-state index is 0.274. The Bertz CT molecular complexity index is 1270. The first-order valence-corrected chi connectivity index (χ1v) is 8.89. The lowest BCUT2D eigenvalue weighted by atomic mass is 9.98. The van der Waals surface area contributed by atoms with Gasteiger partial charge in [0, 0.05) is 16.3 Å². The standard InChI is InChI=1S/C23H18N2O/c1-14(2)22-23(25-18-11-5-4-10-17(18)24-22)16-9-7-13-20-21(16)15-8-3-6-12-19(15)26-20/h3-14H,1-2H3. The normalized spacial score (nSPS) is 11.8. The number of hydrogen-bond donors (Lipinski definition) is 0. The number of aromatic nitrogens is 2. The van der Waals surface area contributed by atoms with Gasteiger partial charge in [0.05, 0.1) is 22.4 Å². The SMILES string of the molecule is CC(C)c1nc2ccccc2nc1-c1cccc2oc3ccccc3c12. The monoisotopic (exact) mass is 338 g/mol. The fourth-order valence-electron chi connectivity index (χ4n) is 3.59. The molecule has 2 aromatic heterocycles. The highest BCUT2D eigenvalue weighted by Gasteiger charge is 2.18. The summed E-state index contributed by atoms with van der Waals surface area (Å²) in [4.78, 5) is 9.93. The predicted molar refractivity (Wildman–Crippen MR) is 106 cm³/mol. The summed E-state index contributed by atoms with van der Waals surface area (Å²) in [5, 5.41) is 2.22. The smallest absolute Gasteiger partial charge is 0.136 e. The third-order valence-electron chi connectivity index (χ3n) is 4.80. The summed E-state index contributed by atoms with van der Waals surface area (Å²) in [6, 6.07) is 22.4. The number of nitrogens with zero attached hydrogens (tertiary/aromatic N) is 2. The first-order chi connectivity index (χ1) is 12.7. The Kier molecular flexibility index (Phi) is 3.29. The van der Waals surface area contributed by atoms with Crippen molar-refractivity contribution in [1.29, 1.82) is 0 Å². The summed E-state index contributed by atoms with van der Waals surface area (Å²) in [7, 11) is 0. The van der Waals surface area contributed by atoms with Gasteiger partial charge in [0.15, 0.2) is 0 Å². The number of hydrogen-bond acceptors (Lipinski definition) is 3. The van der Waals surface area contributed by atoms with Crippen molar-refractivity contribution in [1.82, 2.24) is 9.97 Å². The largest absolute Gasteiger partial charge is 0.456 e. The first-order valence-electron chi connectivity index (χ1n) is 8.89. The van der Waals surface area contributed by atoms with E-state index >= 15 is 0 Å². The van der Waals surface area contributed by atoms with E-state index in [9.17, 15) is 0 Å². The van der Waals surface area contributed by atoms with Gasteiger partial charge >= 0.3 is 0 Å². The van der Waals surface area contributed by atoms with Gasteiger partial charge in [-0.15, -0.1) is 0 Å². The molecule has 0 bridgehead atoms. The molecular weight excluding hydrogens is 320 g/mol. The fraction of sp³-hybridized carbons (Fsp3) is 0.130. The van der Waals surface area contributed by atoms with Crippen LogP contribution in [0.4, 0.5) is 0 Å². The molecule has 3 nitrogen and oxygen atoms in total. The molecule has 0 amide bonds. The van der Waals surface area contributed by atoms with Crippen LogP contribution in [-0.2, 0) is 0 Å². The van der Waals surface area contributed by atoms with E-state index in [1.54, 1.807) is 0 Å². The van der Waals surface area contributed by atoms with E-state index in [4.69, 9.17) is 14.4 Å². The summed E-state index contributed by atoms with van der Waals surface area (Å²) in [6.45, 7) is 4.33. The van der Waals surface area contributed by atoms with Crippen molar-refractivity contribution in [2.75, 3.05) is 0 Å². The molecule has 0 N–H and O–H groups in total. The molecule has 0 fully saturated rings. The number of fused-ring (bicyclic) bond motifs is 4. The van der Waals surface area contributed by atoms with Crippen LogP contribution >= 0.6 is 0 Å². The molecule has 26 heavy (non-hydrogen) atoms. The van der Waals surface area contributed by atoms with Crippen molar-refractivity contribution in [3.63, 3.8) is 0 Å². The van der Waals surface area contributed by atoms with Gasteiger partial charge in [0.25, 0.3) is 0 Å². The van der Waals surface area contributed by atoms with Crippen molar-refractivity contribution >= 4 is 33.0 Å². The molecule has 3 heteroatoms. The molecule has 3 aromatic carbocycles. The summed E-state index contributed by atoms with van der Waals surface area (Å²) in [5.74, 6) is 0.274. The molecule has 5 aromatic rings. The Morgan fingerprint density at radius 1 is 0.731 bits per heavy atom. The lowest BCUT2D eigenvalue weighted by Crippen LogP contribution is -2.01. The Labute approximate surface area is 151 Å². The van der Waals surface area contributed by atoms with Gasteiger partial charge in [-0.1, -0.05) is 56.3 Å². The molecular formula is C23H18N2O. The Balaban J connectivity index is 1.92. The third-order valence-corrected chi connectivity index (χ3v) is 4.80. The van der Waals surface area contributed by atoms with E-state index in [-0.39, 0.29) is 5.92 Å². The highest BCUT2D eigenvalue weighted by atomic mass is 16.3. The molecule has 5 rings (SSSR count). The van der Waals surface area contributed by atoms with E-state index in [1.165, 1.54) is 0 Å². The Morgan fingerprint density at radius 3 is 2.23 bits per heavy atom. The van der Waals surface area contributed by atoms with Crippen molar-refractivity contribution in [3.8, 4) is 11.3 Å². The van der Waals surface area contributed by atoms with Crippen molar-refractivity contribution < 1.29 is 4.42 Å². The van der Waals surface area contributed by atoms with E-state index in [0.717, 1.165) is 49.9 Å². The highest BCUT2D eigenvalue weighted by Crippen LogP contribution is 2.38. The second kappa shape index (κ2) is 5.67. The zero-order valence-corrected chi connectivity index (χ0v) is 14.7. The summed E-state index contributed by atoms with van der Waals surface area (Å²) < 4.78 is 6.05. The second-order valence-electron chi connectivity index (χ2n) is 6.88. The topological polar surface area (TPSA) is 38.9 Å². The zero-order valence-electron chi connectivity index (χ0n) is 14.7. The van der Waals surface area contributed by atoms with Crippen LogP contribution in [0.5, 0.6) is 0 Å². The molecule has 126 valence electrons. The minimum Gasteiger partial charge on any atom is -0.456 e. The lowest BCUT2D eigenvalue weighted by molar-refractivity contribution is 0.669. The average Bonchev–Trinajstić information content (AvgIpc) is 3.05. The lowest BCUT2D eigenvalue weighted by Gasteiger charge is -2.13. The van der Waals surface area contributed by atoms with Crippen molar-refractivity contribution in [3.05, 3.63) is 72.4 Å². The maximum Gasteiger partial charge on any atom is 0.136 e. The molecule has 0 unspecified atom stereocenters. The number of para-hydroxylation sites is 3. The summed E-state index contributed by atoms with van der Waals surface area (Å²) in [5.41, 5.74) is 6.66. The predicted octanol–water partition coefficient (Wildman–Crippen LogP) is 6.32. The van der Waals surface area contributed by atoms with Crippen LogP contribution < -0.4 is 0 Å². The van der Waals surface area contributed by atoms with Crippen LogP contribution in [0, 0.1) is 0 Å². The molecule has 0 atom stereocenters. The molecule has 2 heterocycles. The Morgan fingerprint density at radius 2 is 1.42 bits per heavy atom. The molecule has 0 spiro atoms. The molecule has 0 saturated heterocycles. The molecule has 0 aliphatic heterocycles. The van der Waals surface area contributed by atoms with Gasteiger partial charge in [0.1, 0.15) is 11.2 Å². The van der Waals surface area contributed by atoms with E-state index in [2.05, 4.69) is 26.0 Å².